The first-order chi connectivity index (χ1) is 12.5. The topological polar surface area (TPSA) is 113 Å². The fraction of sp³-hybridized carbons (Fsp3) is 0.278. The van der Waals surface area contributed by atoms with Gasteiger partial charge in [-0.2, -0.15) is 0 Å². The zero-order valence-electron chi connectivity index (χ0n) is 14.1. The second-order valence-electron chi connectivity index (χ2n) is 5.96. The number of carboxylic acids is 1. The largest absolute Gasteiger partial charge is 0.477 e. The lowest BCUT2D eigenvalue weighted by atomic mass is 10.0. The van der Waals surface area contributed by atoms with E-state index in [4.69, 9.17) is 5.73 Å². The van der Waals surface area contributed by atoms with Gasteiger partial charge >= 0.3 is 5.97 Å². The standard InChI is InChI=1S/C18H19N3O4S/c1-2-6-11-9-26-17-13(16(23)21(17)14(11)18(24)25)20-15(22)12(19)10-7-4-3-5-8-10/h2-8,12-13,17H,9,19H2,1H3,(H,20,22)(H,24,25)/b6-2-/t12?,13-,17+/m1/s1. The van der Waals surface area contributed by atoms with Crippen LogP contribution in [0.2, 0.25) is 0 Å². The molecule has 1 saturated heterocycles. The third kappa shape index (κ3) is 3.13. The maximum Gasteiger partial charge on any atom is 0.352 e. The Morgan fingerprint density at radius 2 is 2.08 bits per heavy atom. The predicted molar refractivity (Wildman–Crippen MR) is 97.9 cm³/mol. The van der Waals surface area contributed by atoms with Gasteiger partial charge in [0.05, 0.1) is 0 Å². The number of carbonyl (C=O) groups is 3. The van der Waals surface area contributed by atoms with Crippen LogP contribution >= 0.6 is 11.8 Å². The molecule has 0 radical (unpaired) electrons. The number of hydrogen-bond donors (Lipinski definition) is 3. The van der Waals surface area contributed by atoms with Gasteiger partial charge in [-0.1, -0.05) is 42.5 Å². The smallest absolute Gasteiger partial charge is 0.352 e. The van der Waals surface area contributed by atoms with E-state index in [1.54, 1.807) is 43.3 Å². The maximum atomic E-state index is 12.5. The molecule has 0 aliphatic carbocycles. The van der Waals surface area contributed by atoms with Crippen LogP contribution in [-0.4, -0.2) is 45.0 Å². The molecular weight excluding hydrogens is 354 g/mol. The van der Waals surface area contributed by atoms with Gasteiger partial charge < -0.3 is 16.2 Å². The van der Waals surface area contributed by atoms with Crippen molar-refractivity contribution in [1.29, 1.82) is 0 Å². The van der Waals surface area contributed by atoms with Crippen LogP contribution in [0.15, 0.2) is 53.8 Å². The predicted octanol–water partition coefficient (Wildman–Crippen LogP) is 1.00. The second-order valence-corrected chi connectivity index (χ2v) is 7.07. The molecule has 0 bridgehead atoms. The van der Waals surface area contributed by atoms with Crippen LogP contribution in [0.25, 0.3) is 0 Å². The van der Waals surface area contributed by atoms with E-state index in [0.29, 0.717) is 16.9 Å². The van der Waals surface area contributed by atoms with Gasteiger partial charge in [-0.15, -0.1) is 11.8 Å². The van der Waals surface area contributed by atoms with Gasteiger partial charge in [0.15, 0.2) is 0 Å². The van der Waals surface area contributed by atoms with Crippen LogP contribution in [0.4, 0.5) is 0 Å². The number of nitrogens with zero attached hydrogens (tertiary/aromatic N) is 1. The van der Waals surface area contributed by atoms with E-state index in [-0.39, 0.29) is 5.70 Å². The molecule has 2 aliphatic rings. The van der Waals surface area contributed by atoms with E-state index in [1.807, 2.05) is 6.07 Å². The fourth-order valence-electron chi connectivity index (χ4n) is 3.03. The highest BCUT2D eigenvalue weighted by Gasteiger charge is 2.54. The molecule has 26 heavy (non-hydrogen) atoms. The van der Waals surface area contributed by atoms with E-state index in [9.17, 15) is 19.5 Å². The summed E-state index contributed by atoms with van der Waals surface area (Å²) in [5, 5.41) is 11.7. The van der Waals surface area contributed by atoms with E-state index in [2.05, 4.69) is 5.32 Å². The molecular formula is C18H19N3O4S. The number of nitrogens with two attached hydrogens (primary N) is 1. The van der Waals surface area contributed by atoms with E-state index < -0.39 is 35.2 Å². The zero-order chi connectivity index (χ0) is 18.8. The van der Waals surface area contributed by atoms with Crippen LogP contribution < -0.4 is 11.1 Å². The Morgan fingerprint density at radius 1 is 1.38 bits per heavy atom. The van der Waals surface area contributed by atoms with E-state index >= 15 is 0 Å². The summed E-state index contributed by atoms with van der Waals surface area (Å²) in [5.41, 5.74) is 7.17. The molecule has 1 fully saturated rings. The Balaban J connectivity index is 1.75. The molecule has 0 aromatic heterocycles. The van der Waals surface area contributed by atoms with Gasteiger partial charge in [-0.05, 0) is 18.1 Å². The van der Waals surface area contributed by atoms with Crippen LogP contribution in [0, 0.1) is 0 Å². The third-order valence-corrected chi connectivity index (χ3v) is 5.61. The number of allylic oxidation sites excluding steroid dienone is 2. The fourth-order valence-corrected chi connectivity index (χ4v) is 4.35. The first-order valence-corrected chi connectivity index (χ1v) is 9.15. The van der Waals surface area contributed by atoms with Gasteiger partial charge in [-0.3, -0.25) is 14.5 Å². The summed E-state index contributed by atoms with van der Waals surface area (Å²) < 4.78 is 0. The molecule has 3 atom stereocenters. The van der Waals surface area contributed by atoms with Gasteiger partial charge in [-0.25, -0.2) is 4.79 Å². The Hall–Kier alpha value is -2.58. The number of rotatable bonds is 5. The van der Waals surface area contributed by atoms with Crippen molar-refractivity contribution in [2.24, 2.45) is 5.73 Å². The van der Waals surface area contributed by atoms with Gasteiger partial charge in [0.2, 0.25) is 5.91 Å². The van der Waals surface area contributed by atoms with Gasteiger partial charge in [0.1, 0.15) is 23.2 Å². The van der Waals surface area contributed by atoms with Crippen LogP contribution in [0.1, 0.15) is 18.5 Å². The molecule has 1 unspecified atom stereocenters. The third-order valence-electron chi connectivity index (χ3n) is 4.31. The molecule has 0 spiro atoms. The molecule has 3 rings (SSSR count). The highest BCUT2D eigenvalue weighted by Crippen LogP contribution is 2.40. The molecule has 136 valence electrons. The molecule has 1 aromatic rings. The van der Waals surface area contributed by atoms with Crippen LogP contribution in [0.5, 0.6) is 0 Å². The molecule has 2 heterocycles. The lowest BCUT2D eigenvalue weighted by molar-refractivity contribution is -0.150. The number of carboxylic acid groups (broad SMARTS) is 1. The average molecular weight is 373 g/mol. The van der Waals surface area contributed by atoms with E-state index in [0.717, 1.165) is 0 Å². The SMILES string of the molecule is C/C=C\C1=C(C(=O)O)N2C(=O)[C@@H](NC(=O)C(N)c3ccccc3)[C@@H]2SC1. The minimum Gasteiger partial charge on any atom is -0.477 e. The Morgan fingerprint density at radius 3 is 2.69 bits per heavy atom. The summed E-state index contributed by atoms with van der Waals surface area (Å²) in [6.07, 6.45) is 3.43. The lowest BCUT2D eigenvalue weighted by Gasteiger charge is -2.49. The van der Waals surface area contributed by atoms with Crippen molar-refractivity contribution in [3.63, 3.8) is 0 Å². The lowest BCUT2D eigenvalue weighted by Crippen LogP contribution is -2.71. The first-order valence-electron chi connectivity index (χ1n) is 8.10. The van der Waals surface area contributed by atoms with E-state index in [1.165, 1.54) is 16.7 Å². The Bertz CT molecular complexity index is 806. The number of hydrogen-bond acceptors (Lipinski definition) is 5. The molecule has 0 saturated carbocycles. The Labute approximate surface area is 154 Å². The molecule has 7 nitrogen and oxygen atoms in total. The van der Waals surface area contributed by atoms with Gasteiger partial charge in [0, 0.05) is 5.75 Å². The molecule has 2 amide bonds. The summed E-state index contributed by atoms with van der Waals surface area (Å²) in [4.78, 5) is 37.7. The Kier molecular flexibility index (Phi) is 5.15. The number of aliphatic carboxylic acids is 1. The molecule has 1 aromatic carbocycles. The minimum atomic E-state index is -1.15. The minimum absolute atomic E-state index is 0.0188. The highest BCUT2D eigenvalue weighted by atomic mass is 32.2. The number of carbonyl (C=O) groups excluding carboxylic acids is 2. The zero-order valence-corrected chi connectivity index (χ0v) is 14.9. The normalized spacial score (nSPS) is 23.5. The van der Waals surface area contributed by atoms with Crippen LogP contribution in [-0.2, 0) is 14.4 Å². The number of β-lactam (4-membered cyclic amide) rings is 1. The quantitative estimate of drug-likeness (QED) is 0.664. The van der Waals surface area contributed by atoms with Crippen molar-refractivity contribution in [3.8, 4) is 0 Å². The molecule has 4 N–H and O–H groups in total. The summed E-state index contributed by atoms with van der Waals surface area (Å²) in [6, 6.07) is 7.20. The summed E-state index contributed by atoms with van der Waals surface area (Å²) in [7, 11) is 0. The molecule has 8 heteroatoms. The number of fused-ring (bicyclic) bond motifs is 1. The maximum absolute atomic E-state index is 12.5. The summed E-state index contributed by atoms with van der Waals surface area (Å²) in [5.74, 6) is -1.59. The van der Waals surface area contributed by atoms with Crippen molar-refractivity contribution in [1.82, 2.24) is 10.2 Å². The average Bonchev–Trinajstić information content (AvgIpc) is 2.65. The number of nitrogens with one attached hydrogen (secondary N) is 1. The van der Waals surface area contributed by atoms with Crippen molar-refractivity contribution < 1.29 is 19.5 Å². The summed E-state index contributed by atoms with van der Waals surface area (Å²) in [6.45, 7) is 1.79. The van der Waals surface area contributed by atoms with Crippen molar-refractivity contribution in [3.05, 3.63) is 59.3 Å². The monoisotopic (exact) mass is 373 g/mol. The van der Waals surface area contributed by atoms with Crippen molar-refractivity contribution in [2.45, 2.75) is 24.4 Å². The number of thioether (sulfide) groups is 1. The number of benzene rings is 1. The second kappa shape index (κ2) is 7.35. The van der Waals surface area contributed by atoms with Crippen molar-refractivity contribution >= 4 is 29.5 Å². The highest BCUT2D eigenvalue weighted by molar-refractivity contribution is 8.00. The molecule has 2 aliphatic heterocycles. The van der Waals surface area contributed by atoms with Crippen LogP contribution in [0.3, 0.4) is 0 Å². The summed E-state index contributed by atoms with van der Waals surface area (Å²) >= 11 is 1.42. The van der Waals surface area contributed by atoms with Crippen molar-refractivity contribution in [2.75, 3.05) is 5.75 Å². The first kappa shape index (κ1) is 18.2. The van der Waals surface area contributed by atoms with Gasteiger partial charge in [0.25, 0.3) is 5.91 Å². The number of amides is 2.